The monoisotopic (exact) mass is 429 g/mol. The second-order valence-corrected chi connectivity index (χ2v) is 7.71. The summed E-state index contributed by atoms with van der Waals surface area (Å²) in [5, 5.41) is 10.1. The standard InChI is InChI=1S/C27H24FNO3/c1-3-4-14-32-24-15-19(10-12-21(24)18-8-6-5-7-9-18)26-17(2)25(27(30)31)22-16-20(28)11-13-23(22)29-26/h5-13,15-16H,3-4,14H2,1-2H3,(H,30,31). The normalized spacial score (nSPS) is 11.0. The smallest absolute Gasteiger partial charge is 0.336 e. The first-order chi connectivity index (χ1) is 15.5. The second kappa shape index (κ2) is 9.18. The minimum atomic E-state index is -1.11. The Morgan fingerprint density at radius 3 is 2.53 bits per heavy atom. The van der Waals surface area contributed by atoms with Crippen molar-refractivity contribution in [1.82, 2.24) is 4.98 Å². The Balaban J connectivity index is 1.89. The zero-order valence-corrected chi connectivity index (χ0v) is 18.1. The van der Waals surface area contributed by atoms with Gasteiger partial charge in [0.1, 0.15) is 11.6 Å². The average molecular weight is 429 g/mol. The Hall–Kier alpha value is -3.73. The van der Waals surface area contributed by atoms with Crippen molar-refractivity contribution >= 4 is 16.9 Å². The fourth-order valence-electron chi connectivity index (χ4n) is 3.86. The van der Waals surface area contributed by atoms with Crippen LogP contribution in [0.5, 0.6) is 5.75 Å². The molecule has 4 aromatic rings. The fourth-order valence-corrected chi connectivity index (χ4v) is 3.86. The van der Waals surface area contributed by atoms with Gasteiger partial charge in [-0.25, -0.2) is 14.2 Å². The Morgan fingerprint density at radius 1 is 1.03 bits per heavy atom. The van der Waals surface area contributed by atoms with E-state index in [1.165, 1.54) is 18.2 Å². The molecule has 0 unspecified atom stereocenters. The van der Waals surface area contributed by atoms with Gasteiger partial charge in [0.25, 0.3) is 0 Å². The minimum absolute atomic E-state index is 0.0603. The molecule has 0 saturated heterocycles. The lowest BCUT2D eigenvalue weighted by atomic mass is 9.95. The number of ether oxygens (including phenoxy) is 1. The van der Waals surface area contributed by atoms with Gasteiger partial charge in [-0.3, -0.25) is 0 Å². The maximum atomic E-state index is 13.8. The van der Waals surface area contributed by atoms with E-state index in [0.29, 0.717) is 28.8 Å². The zero-order valence-electron chi connectivity index (χ0n) is 18.1. The lowest BCUT2D eigenvalue weighted by Gasteiger charge is -2.16. The van der Waals surface area contributed by atoms with Crippen LogP contribution in [-0.4, -0.2) is 22.7 Å². The predicted octanol–water partition coefficient (Wildman–Crippen LogP) is 6.89. The highest BCUT2D eigenvalue weighted by atomic mass is 19.1. The molecular formula is C27H24FNO3. The van der Waals surface area contributed by atoms with Crippen LogP contribution in [0.15, 0.2) is 66.7 Å². The van der Waals surface area contributed by atoms with Crippen molar-refractivity contribution in [3.8, 4) is 28.1 Å². The van der Waals surface area contributed by atoms with E-state index in [0.717, 1.165) is 35.3 Å². The molecule has 1 aromatic heterocycles. The van der Waals surface area contributed by atoms with Crippen molar-refractivity contribution in [2.24, 2.45) is 0 Å². The van der Waals surface area contributed by atoms with Crippen LogP contribution in [0.3, 0.4) is 0 Å². The van der Waals surface area contributed by atoms with E-state index in [9.17, 15) is 14.3 Å². The SMILES string of the molecule is CCCCOc1cc(-c2nc3ccc(F)cc3c(C(=O)O)c2C)ccc1-c1ccccc1. The van der Waals surface area contributed by atoms with Crippen LogP contribution in [0.25, 0.3) is 33.3 Å². The van der Waals surface area contributed by atoms with Gasteiger partial charge in [0.2, 0.25) is 0 Å². The third-order valence-corrected chi connectivity index (χ3v) is 5.50. The fraction of sp³-hybridized carbons (Fsp3) is 0.185. The lowest BCUT2D eigenvalue weighted by Crippen LogP contribution is -2.05. The summed E-state index contributed by atoms with van der Waals surface area (Å²) in [6.07, 6.45) is 1.95. The molecule has 0 aliphatic rings. The highest BCUT2D eigenvalue weighted by Gasteiger charge is 2.20. The van der Waals surface area contributed by atoms with E-state index >= 15 is 0 Å². The molecule has 0 atom stereocenters. The first-order valence-electron chi connectivity index (χ1n) is 10.7. The van der Waals surface area contributed by atoms with Gasteiger partial charge >= 0.3 is 5.97 Å². The molecule has 4 rings (SSSR count). The number of hydrogen-bond acceptors (Lipinski definition) is 3. The van der Waals surface area contributed by atoms with Gasteiger partial charge < -0.3 is 9.84 Å². The molecule has 32 heavy (non-hydrogen) atoms. The summed E-state index contributed by atoms with van der Waals surface area (Å²) in [5.41, 5.74) is 4.28. The van der Waals surface area contributed by atoms with E-state index in [-0.39, 0.29) is 5.56 Å². The number of rotatable bonds is 7. The molecule has 3 aromatic carbocycles. The lowest BCUT2D eigenvalue weighted by molar-refractivity contribution is 0.0698. The van der Waals surface area contributed by atoms with Gasteiger partial charge in [-0.15, -0.1) is 0 Å². The number of carboxylic acids is 1. The summed E-state index contributed by atoms with van der Waals surface area (Å²) >= 11 is 0. The van der Waals surface area contributed by atoms with Crippen molar-refractivity contribution in [3.63, 3.8) is 0 Å². The third-order valence-electron chi connectivity index (χ3n) is 5.50. The highest BCUT2D eigenvalue weighted by Crippen LogP contribution is 2.36. The first-order valence-corrected chi connectivity index (χ1v) is 10.7. The van der Waals surface area contributed by atoms with Crippen LogP contribution in [0.1, 0.15) is 35.7 Å². The number of halogens is 1. The van der Waals surface area contributed by atoms with Gasteiger partial charge in [0.05, 0.1) is 23.4 Å². The number of aromatic nitrogens is 1. The molecule has 0 spiro atoms. The van der Waals surface area contributed by atoms with Crippen LogP contribution in [0.4, 0.5) is 4.39 Å². The number of pyridine rings is 1. The molecule has 0 saturated carbocycles. The van der Waals surface area contributed by atoms with Gasteiger partial charge in [0.15, 0.2) is 0 Å². The van der Waals surface area contributed by atoms with E-state index < -0.39 is 11.8 Å². The Kier molecular flexibility index (Phi) is 6.17. The van der Waals surface area contributed by atoms with Gasteiger partial charge in [-0.2, -0.15) is 0 Å². The summed E-state index contributed by atoms with van der Waals surface area (Å²) in [6, 6.07) is 19.8. The second-order valence-electron chi connectivity index (χ2n) is 7.71. The molecule has 1 N–H and O–H groups in total. The Bertz CT molecular complexity index is 1290. The first kappa shape index (κ1) is 21.5. The van der Waals surface area contributed by atoms with Crippen molar-refractivity contribution in [2.45, 2.75) is 26.7 Å². The number of nitrogens with zero attached hydrogens (tertiary/aromatic N) is 1. The summed E-state index contributed by atoms with van der Waals surface area (Å²) in [6.45, 7) is 4.40. The van der Waals surface area contributed by atoms with Gasteiger partial charge in [-0.1, -0.05) is 49.7 Å². The molecule has 0 amide bonds. The van der Waals surface area contributed by atoms with E-state index in [2.05, 4.69) is 11.9 Å². The highest BCUT2D eigenvalue weighted by molar-refractivity contribution is 6.05. The van der Waals surface area contributed by atoms with E-state index in [1.807, 2.05) is 48.5 Å². The van der Waals surface area contributed by atoms with Crippen molar-refractivity contribution in [3.05, 3.63) is 83.7 Å². The van der Waals surface area contributed by atoms with Crippen LogP contribution in [0.2, 0.25) is 0 Å². The van der Waals surface area contributed by atoms with Crippen molar-refractivity contribution in [2.75, 3.05) is 6.61 Å². The molecule has 0 aliphatic heterocycles. The average Bonchev–Trinajstić information content (AvgIpc) is 2.79. The number of carboxylic acid groups (broad SMARTS) is 1. The molecule has 0 bridgehead atoms. The summed E-state index contributed by atoms with van der Waals surface area (Å²) in [4.78, 5) is 16.7. The molecule has 1 heterocycles. The quantitative estimate of drug-likeness (QED) is 0.325. The number of benzene rings is 3. The molecule has 0 aliphatic carbocycles. The zero-order chi connectivity index (χ0) is 22.7. The topological polar surface area (TPSA) is 59.4 Å². The Morgan fingerprint density at radius 2 is 1.81 bits per heavy atom. The molecule has 0 radical (unpaired) electrons. The maximum Gasteiger partial charge on any atom is 0.336 e. The van der Waals surface area contributed by atoms with Crippen LogP contribution >= 0.6 is 0 Å². The minimum Gasteiger partial charge on any atom is -0.493 e. The number of carbonyl (C=O) groups is 1. The van der Waals surface area contributed by atoms with Crippen LogP contribution < -0.4 is 4.74 Å². The number of hydrogen-bond donors (Lipinski definition) is 1. The molecule has 162 valence electrons. The van der Waals surface area contributed by atoms with E-state index in [4.69, 9.17) is 4.74 Å². The van der Waals surface area contributed by atoms with Gasteiger partial charge in [0, 0.05) is 16.5 Å². The third kappa shape index (κ3) is 4.19. The van der Waals surface area contributed by atoms with Crippen molar-refractivity contribution < 1.29 is 19.0 Å². The summed E-state index contributed by atoms with van der Waals surface area (Å²) in [5.74, 6) is -0.880. The predicted molar refractivity (Wildman–Crippen MR) is 125 cm³/mol. The van der Waals surface area contributed by atoms with E-state index in [1.54, 1.807) is 6.92 Å². The Labute approximate surface area is 186 Å². The van der Waals surface area contributed by atoms with Crippen LogP contribution in [-0.2, 0) is 0 Å². The molecule has 5 heteroatoms. The molecular weight excluding hydrogens is 405 g/mol. The number of fused-ring (bicyclic) bond motifs is 1. The van der Waals surface area contributed by atoms with Gasteiger partial charge in [-0.05, 0) is 54.8 Å². The largest absolute Gasteiger partial charge is 0.493 e. The summed E-state index contributed by atoms with van der Waals surface area (Å²) < 4.78 is 19.9. The number of aromatic carboxylic acids is 1. The molecule has 0 fully saturated rings. The summed E-state index contributed by atoms with van der Waals surface area (Å²) in [7, 11) is 0. The maximum absolute atomic E-state index is 13.8. The van der Waals surface area contributed by atoms with Crippen molar-refractivity contribution in [1.29, 1.82) is 0 Å². The number of unbranched alkanes of at least 4 members (excludes halogenated alkanes) is 1. The van der Waals surface area contributed by atoms with Crippen LogP contribution in [0, 0.1) is 12.7 Å². The molecule has 4 nitrogen and oxygen atoms in total.